The summed E-state index contributed by atoms with van der Waals surface area (Å²) < 4.78 is 33.6. The Bertz CT molecular complexity index is 380. The van der Waals surface area contributed by atoms with Crippen molar-refractivity contribution >= 4 is 11.3 Å². The predicted molar refractivity (Wildman–Crippen MR) is 77.1 cm³/mol. The van der Waals surface area contributed by atoms with Crippen LogP contribution in [0, 0.1) is 6.92 Å². The van der Waals surface area contributed by atoms with Gasteiger partial charge in [0.1, 0.15) is 6.61 Å². The quantitative estimate of drug-likeness (QED) is 0.567. The molecule has 1 rings (SSSR count). The monoisotopic (exact) mass is 324 g/mol. The molecule has 8 heteroatoms. The Kier molecular flexibility index (Phi) is 9.60. The molecule has 1 unspecified atom stereocenters. The number of hydrogen-bond acceptors (Lipinski definition) is 6. The molecule has 21 heavy (non-hydrogen) atoms. The fourth-order valence-electron chi connectivity index (χ4n) is 1.59. The Balaban J connectivity index is 1.92. The van der Waals surface area contributed by atoms with Crippen molar-refractivity contribution in [3.63, 3.8) is 0 Å². The van der Waals surface area contributed by atoms with Crippen LogP contribution >= 0.6 is 11.3 Å². The summed E-state index contributed by atoms with van der Waals surface area (Å²) in [6, 6.07) is 0. The molecule has 0 aliphatic carbocycles. The Labute approximate surface area is 127 Å². The molecule has 0 radical (unpaired) electrons. The lowest BCUT2D eigenvalue weighted by molar-refractivity contribution is 0.0154. The topological polar surface area (TPSA) is 63.6 Å². The van der Waals surface area contributed by atoms with Crippen molar-refractivity contribution in [2.24, 2.45) is 0 Å². The molecule has 0 bridgehead atoms. The maximum absolute atomic E-state index is 11.8. The molecule has 0 aliphatic heterocycles. The zero-order chi connectivity index (χ0) is 15.5. The van der Waals surface area contributed by atoms with Gasteiger partial charge >= 0.3 is 0 Å². The number of alkyl halides is 2. The van der Waals surface area contributed by atoms with Crippen LogP contribution in [0.4, 0.5) is 8.78 Å². The molecule has 0 spiro atoms. The highest BCUT2D eigenvalue weighted by Gasteiger charge is 2.06. The van der Waals surface area contributed by atoms with Crippen LogP contribution in [0.25, 0.3) is 0 Å². The first-order valence-corrected chi connectivity index (χ1v) is 7.69. The molecule has 0 aliphatic rings. The lowest BCUT2D eigenvalue weighted by Crippen LogP contribution is -2.32. The number of halogens is 2. The van der Waals surface area contributed by atoms with E-state index in [1.54, 1.807) is 16.8 Å². The van der Waals surface area contributed by atoms with E-state index in [4.69, 9.17) is 9.47 Å². The molecule has 0 saturated carbocycles. The second kappa shape index (κ2) is 11.0. The number of nitrogens with one attached hydrogen (secondary N) is 1. The summed E-state index contributed by atoms with van der Waals surface area (Å²) in [6.45, 7) is 3.15. The highest BCUT2D eigenvalue weighted by Crippen LogP contribution is 2.12. The van der Waals surface area contributed by atoms with Gasteiger partial charge in [0.25, 0.3) is 6.43 Å². The number of rotatable bonds is 12. The van der Waals surface area contributed by atoms with Crippen molar-refractivity contribution in [1.29, 1.82) is 0 Å². The average Bonchev–Trinajstić information content (AvgIpc) is 2.84. The van der Waals surface area contributed by atoms with Gasteiger partial charge in [-0.15, -0.1) is 11.3 Å². The first kappa shape index (κ1) is 18.4. The molecular weight excluding hydrogens is 302 g/mol. The normalized spacial score (nSPS) is 13.0. The Morgan fingerprint density at radius 1 is 1.33 bits per heavy atom. The Morgan fingerprint density at radius 3 is 2.76 bits per heavy atom. The number of aryl methyl sites for hydroxylation is 1. The van der Waals surface area contributed by atoms with Crippen LogP contribution in [0.2, 0.25) is 0 Å². The highest BCUT2D eigenvalue weighted by molar-refractivity contribution is 7.09. The van der Waals surface area contributed by atoms with Gasteiger partial charge < -0.3 is 19.9 Å². The molecule has 0 fully saturated rings. The van der Waals surface area contributed by atoms with E-state index in [-0.39, 0.29) is 13.2 Å². The van der Waals surface area contributed by atoms with Crippen molar-refractivity contribution in [2.75, 3.05) is 39.5 Å². The van der Waals surface area contributed by atoms with Gasteiger partial charge in [-0.1, -0.05) is 0 Å². The van der Waals surface area contributed by atoms with Gasteiger partial charge in [-0.3, -0.25) is 0 Å². The largest absolute Gasteiger partial charge is 0.389 e. The number of aliphatic hydroxyl groups is 1. The van der Waals surface area contributed by atoms with E-state index in [2.05, 4.69) is 10.3 Å². The fourth-order valence-corrected chi connectivity index (χ4v) is 2.36. The minimum absolute atomic E-state index is 0.197. The first-order valence-electron chi connectivity index (χ1n) is 6.81. The second-order valence-corrected chi connectivity index (χ2v) is 5.45. The van der Waals surface area contributed by atoms with Gasteiger partial charge in [0.2, 0.25) is 0 Å². The van der Waals surface area contributed by atoms with Crippen molar-refractivity contribution < 1.29 is 23.4 Å². The Hall–Kier alpha value is -0.670. The van der Waals surface area contributed by atoms with E-state index >= 15 is 0 Å². The highest BCUT2D eigenvalue weighted by atomic mass is 32.1. The molecule has 0 saturated heterocycles. The van der Waals surface area contributed by atoms with E-state index < -0.39 is 19.1 Å². The Morgan fingerprint density at radius 2 is 2.10 bits per heavy atom. The van der Waals surface area contributed by atoms with Crippen molar-refractivity contribution in [3.8, 4) is 0 Å². The number of ether oxygens (including phenoxy) is 2. The molecule has 0 aromatic carbocycles. The van der Waals surface area contributed by atoms with Crippen molar-refractivity contribution in [3.05, 3.63) is 16.1 Å². The van der Waals surface area contributed by atoms with Crippen LogP contribution in [-0.2, 0) is 15.9 Å². The first-order chi connectivity index (χ1) is 10.1. The summed E-state index contributed by atoms with van der Waals surface area (Å²) >= 11 is 1.60. The summed E-state index contributed by atoms with van der Waals surface area (Å²) in [4.78, 5) is 5.34. The van der Waals surface area contributed by atoms with Gasteiger partial charge in [0.05, 0.1) is 37.1 Å². The van der Waals surface area contributed by atoms with E-state index in [9.17, 15) is 13.9 Å². The molecular formula is C13H22F2N2O3S. The van der Waals surface area contributed by atoms with Gasteiger partial charge in [-0.25, -0.2) is 13.8 Å². The maximum atomic E-state index is 11.8. The molecule has 1 heterocycles. The zero-order valence-corrected chi connectivity index (χ0v) is 12.9. The van der Waals surface area contributed by atoms with E-state index in [1.807, 2.05) is 6.92 Å². The molecule has 2 N–H and O–H groups in total. The molecule has 122 valence electrons. The maximum Gasteiger partial charge on any atom is 0.261 e. The summed E-state index contributed by atoms with van der Waals surface area (Å²) in [5, 5.41) is 12.6. The molecule has 1 aromatic rings. The summed E-state index contributed by atoms with van der Waals surface area (Å²) in [6.07, 6.45) is -2.27. The third-order valence-electron chi connectivity index (χ3n) is 2.68. The van der Waals surface area contributed by atoms with Gasteiger partial charge in [0, 0.05) is 24.4 Å². The van der Waals surface area contributed by atoms with Crippen molar-refractivity contribution in [1.82, 2.24) is 10.3 Å². The van der Waals surface area contributed by atoms with E-state index in [0.29, 0.717) is 19.7 Å². The van der Waals surface area contributed by atoms with E-state index in [0.717, 1.165) is 12.1 Å². The molecule has 0 amide bonds. The third-order valence-corrected chi connectivity index (χ3v) is 3.67. The standard InChI is InChI=1S/C13H22F2N2O3S/c1-10-12(21-9-17-10)2-4-19-7-11(18)6-16-3-5-20-8-13(14)15/h9,11,13,16,18H,2-8H2,1H3. The van der Waals surface area contributed by atoms with Crippen LogP contribution < -0.4 is 5.32 Å². The van der Waals surface area contributed by atoms with Crippen LogP contribution in [0.1, 0.15) is 10.6 Å². The number of aromatic nitrogens is 1. The van der Waals surface area contributed by atoms with Crippen molar-refractivity contribution in [2.45, 2.75) is 25.9 Å². The molecule has 1 aromatic heterocycles. The van der Waals surface area contributed by atoms with E-state index in [1.165, 1.54) is 4.88 Å². The summed E-state index contributed by atoms with van der Waals surface area (Å²) in [5.74, 6) is 0. The van der Waals surface area contributed by atoms with Crippen LogP contribution in [0.3, 0.4) is 0 Å². The fraction of sp³-hybridized carbons (Fsp3) is 0.769. The van der Waals surface area contributed by atoms with Gasteiger partial charge in [0.15, 0.2) is 0 Å². The SMILES string of the molecule is Cc1ncsc1CCOCC(O)CNCCOCC(F)F. The second-order valence-electron chi connectivity index (χ2n) is 4.51. The minimum Gasteiger partial charge on any atom is -0.389 e. The van der Waals surface area contributed by atoms with Crippen LogP contribution in [0.5, 0.6) is 0 Å². The smallest absolute Gasteiger partial charge is 0.261 e. The third kappa shape index (κ3) is 9.05. The summed E-state index contributed by atoms with van der Waals surface area (Å²) in [7, 11) is 0. The number of aliphatic hydroxyl groups excluding tert-OH is 1. The van der Waals surface area contributed by atoms with Gasteiger partial charge in [-0.05, 0) is 6.92 Å². The number of hydrogen-bond donors (Lipinski definition) is 2. The van der Waals surface area contributed by atoms with Crippen LogP contribution in [-0.4, -0.2) is 62.1 Å². The average molecular weight is 324 g/mol. The van der Waals surface area contributed by atoms with Gasteiger partial charge in [-0.2, -0.15) is 0 Å². The minimum atomic E-state index is -2.44. The predicted octanol–water partition coefficient (Wildman–Crippen LogP) is 1.24. The van der Waals surface area contributed by atoms with Crippen LogP contribution in [0.15, 0.2) is 5.51 Å². The summed E-state index contributed by atoms with van der Waals surface area (Å²) in [5.41, 5.74) is 2.83. The molecule has 5 nitrogen and oxygen atoms in total. The number of nitrogens with zero attached hydrogens (tertiary/aromatic N) is 1. The lowest BCUT2D eigenvalue weighted by Gasteiger charge is -2.12. The lowest BCUT2D eigenvalue weighted by atomic mass is 10.3. The molecule has 1 atom stereocenters. The zero-order valence-electron chi connectivity index (χ0n) is 12.1. The number of thiazole rings is 1.